The molecule has 1 aromatic heterocycles. The second-order valence-electron chi connectivity index (χ2n) is 4.68. The van der Waals surface area contributed by atoms with Gasteiger partial charge in [0.15, 0.2) is 0 Å². The van der Waals surface area contributed by atoms with Gasteiger partial charge in [-0.3, -0.25) is 10.1 Å². The Kier molecular flexibility index (Phi) is 5.27. The maximum absolute atomic E-state index is 10.9. The first-order valence-corrected chi connectivity index (χ1v) is 7.91. The molecule has 112 valence electrons. The Balaban J connectivity index is 2.25. The van der Waals surface area contributed by atoms with E-state index in [1.54, 1.807) is 6.07 Å². The Morgan fingerprint density at radius 2 is 2.29 bits per heavy atom. The van der Waals surface area contributed by atoms with Gasteiger partial charge in [0.1, 0.15) is 10.0 Å². The van der Waals surface area contributed by atoms with Crippen LogP contribution in [0.3, 0.4) is 0 Å². The smallest absolute Gasteiger partial charge is 0.288 e. The summed E-state index contributed by atoms with van der Waals surface area (Å²) in [5, 5.41) is 17.2. The van der Waals surface area contributed by atoms with Crippen molar-refractivity contribution < 1.29 is 4.92 Å². The molecule has 0 aliphatic carbocycles. The molecule has 1 heterocycles. The zero-order valence-electron chi connectivity index (χ0n) is 11.8. The van der Waals surface area contributed by atoms with Gasteiger partial charge in [-0.05, 0) is 32.0 Å². The number of aromatic nitrogens is 1. The molecule has 2 rings (SSSR count). The molecule has 7 heteroatoms. The van der Waals surface area contributed by atoms with Crippen LogP contribution in [0, 0.1) is 10.1 Å². The first-order chi connectivity index (χ1) is 10.0. The van der Waals surface area contributed by atoms with E-state index in [4.69, 9.17) is 11.6 Å². The lowest BCUT2D eigenvalue weighted by Gasteiger charge is -2.09. The quantitative estimate of drug-likeness (QED) is 0.630. The van der Waals surface area contributed by atoms with Gasteiger partial charge in [0.05, 0.1) is 10.6 Å². The Hall–Kier alpha value is -1.50. The Labute approximate surface area is 132 Å². The Bertz CT molecular complexity index is 645. The van der Waals surface area contributed by atoms with Gasteiger partial charge < -0.3 is 5.32 Å². The lowest BCUT2D eigenvalue weighted by molar-refractivity contribution is -0.384. The van der Waals surface area contributed by atoms with E-state index in [-0.39, 0.29) is 16.8 Å². The summed E-state index contributed by atoms with van der Waals surface area (Å²) in [4.78, 5) is 15.0. The number of hydrogen-bond donors (Lipinski definition) is 1. The normalized spacial score (nSPS) is 12.3. The summed E-state index contributed by atoms with van der Waals surface area (Å²) in [6.45, 7) is 5.10. The van der Waals surface area contributed by atoms with E-state index in [2.05, 4.69) is 24.1 Å². The molecule has 1 unspecified atom stereocenters. The van der Waals surface area contributed by atoms with Crippen LogP contribution < -0.4 is 5.32 Å². The van der Waals surface area contributed by atoms with Crippen molar-refractivity contribution in [3.63, 3.8) is 0 Å². The van der Waals surface area contributed by atoms with E-state index < -0.39 is 4.92 Å². The molecule has 1 atom stereocenters. The van der Waals surface area contributed by atoms with Crippen LogP contribution in [0.1, 0.15) is 32.0 Å². The monoisotopic (exact) mass is 325 g/mol. The number of nitro benzene ring substituents is 1. The van der Waals surface area contributed by atoms with Crippen molar-refractivity contribution >= 4 is 28.6 Å². The first-order valence-electron chi connectivity index (χ1n) is 6.66. The van der Waals surface area contributed by atoms with Crippen LogP contribution in [0.25, 0.3) is 10.6 Å². The van der Waals surface area contributed by atoms with Gasteiger partial charge in [-0.15, -0.1) is 11.3 Å². The summed E-state index contributed by atoms with van der Waals surface area (Å²) < 4.78 is 0. The summed E-state index contributed by atoms with van der Waals surface area (Å²) in [6.07, 6.45) is 1.06. The number of nitro groups is 1. The molecule has 0 bridgehead atoms. The molecule has 0 aliphatic rings. The molecule has 1 aromatic carbocycles. The van der Waals surface area contributed by atoms with Crippen LogP contribution in [0.15, 0.2) is 23.6 Å². The number of benzene rings is 1. The van der Waals surface area contributed by atoms with Crippen LogP contribution in [0.4, 0.5) is 5.69 Å². The zero-order valence-corrected chi connectivity index (χ0v) is 13.4. The molecule has 5 nitrogen and oxygen atoms in total. The molecule has 0 aliphatic heterocycles. The minimum atomic E-state index is -0.480. The van der Waals surface area contributed by atoms with E-state index in [1.807, 2.05) is 5.38 Å². The number of thiazole rings is 1. The fourth-order valence-electron chi connectivity index (χ4n) is 1.87. The first kappa shape index (κ1) is 15.9. The fourth-order valence-corrected chi connectivity index (χ4v) is 2.97. The molecular weight excluding hydrogens is 310 g/mol. The average Bonchev–Trinajstić information content (AvgIpc) is 2.94. The highest BCUT2D eigenvalue weighted by Crippen LogP contribution is 2.32. The van der Waals surface area contributed by atoms with Gasteiger partial charge in [0.2, 0.25) is 0 Å². The van der Waals surface area contributed by atoms with Gasteiger partial charge in [0.25, 0.3) is 5.69 Å². The molecule has 0 fully saturated rings. The summed E-state index contributed by atoms with van der Waals surface area (Å²) in [5.41, 5.74) is 1.56. The van der Waals surface area contributed by atoms with Gasteiger partial charge in [-0.2, -0.15) is 0 Å². The summed E-state index contributed by atoms with van der Waals surface area (Å²) in [6, 6.07) is 4.92. The van der Waals surface area contributed by atoms with E-state index >= 15 is 0 Å². The van der Waals surface area contributed by atoms with Crippen molar-refractivity contribution in [1.82, 2.24) is 10.3 Å². The Morgan fingerprint density at radius 1 is 1.52 bits per heavy atom. The third-order valence-electron chi connectivity index (χ3n) is 3.06. The van der Waals surface area contributed by atoms with E-state index in [9.17, 15) is 10.1 Å². The fraction of sp³-hybridized carbons (Fsp3) is 0.357. The standard InChI is InChI=1S/C14H16ClN3O2S/c1-3-6-16-9(2)12-8-21-14(17-12)10-4-5-11(15)13(7-10)18(19)20/h4-5,7-9,16H,3,6H2,1-2H3. The highest BCUT2D eigenvalue weighted by atomic mass is 35.5. The van der Waals surface area contributed by atoms with E-state index in [0.29, 0.717) is 5.56 Å². The van der Waals surface area contributed by atoms with Crippen molar-refractivity contribution in [2.45, 2.75) is 26.3 Å². The zero-order chi connectivity index (χ0) is 15.4. The summed E-state index contributed by atoms with van der Waals surface area (Å²) in [7, 11) is 0. The average molecular weight is 326 g/mol. The maximum atomic E-state index is 10.9. The molecule has 0 spiro atoms. The van der Waals surface area contributed by atoms with Gasteiger partial charge in [-0.1, -0.05) is 18.5 Å². The molecule has 2 aromatic rings. The van der Waals surface area contributed by atoms with Crippen molar-refractivity contribution in [2.24, 2.45) is 0 Å². The minimum Gasteiger partial charge on any atom is -0.309 e. The number of nitrogens with one attached hydrogen (secondary N) is 1. The molecule has 21 heavy (non-hydrogen) atoms. The highest BCUT2D eigenvalue weighted by Gasteiger charge is 2.16. The topological polar surface area (TPSA) is 68.1 Å². The lowest BCUT2D eigenvalue weighted by atomic mass is 10.2. The highest BCUT2D eigenvalue weighted by molar-refractivity contribution is 7.13. The molecule has 1 N–H and O–H groups in total. The molecular formula is C14H16ClN3O2S. The number of hydrogen-bond acceptors (Lipinski definition) is 5. The second kappa shape index (κ2) is 6.98. The van der Waals surface area contributed by atoms with Crippen molar-refractivity contribution in [3.05, 3.63) is 44.4 Å². The SMILES string of the molecule is CCCNC(C)c1csc(-c2ccc(Cl)c([N+](=O)[O-])c2)n1. The summed E-state index contributed by atoms with van der Waals surface area (Å²) in [5.74, 6) is 0. The molecule has 0 amide bonds. The second-order valence-corrected chi connectivity index (χ2v) is 5.94. The third-order valence-corrected chi connectivity index (χ3v) is 4.29. The predicted octanol–water partition coefficient (Wildman–Crippen LogP) is 4.43. The van der Waals surface area contributed by atoms with E-state index in [0.717, 1.165) is 23.7 Å². The van der Waals surface area contributed by atoms with Crippen LogP contribution in [0.5, 0.6) is 0 Å². The predicted molar refractivity (Wildman–Crippen MR) is 85.9 cm³/mol. The van der Waals surface area contributed by atoms with Crippen molar-refractivity contribution in [1.29, 1.82) is 0 Å². The largest absolute Gasteiger partial charge is 0.309 e. The van der Waals surface area contributed by atoms with Crippen LogP contribution in [-0.4, -0.2) is 16.5 Å². The van der Waals surface area contributed by atoms with Crippen LogP contribution in [0.2, 0.25) is 5.02 Å². The van der Waals surface area contributed by atoms with Gasteiger partial charge in [-0.25, -0.2) is 4.98 Å². The van der Waals surface area contributed by atoms with Crippen LogP contribution in [-0.2, 0) is 0 Å². The number of rotatable bonds is 6. The third kappa shape index (κ3) is 3.78. The van der Waals surface area contributed by atoms with Gasteiger partial charge >= 0.3 is 0 Å². The molecule has 0 saturated carbocycles. The minimum absolute atomic E-state index is 0.0944. The lowest BCUT2D eigenvalue weighted by Crippen LogP contribution is -2.19. The number of nitrogens with zero attached hydrogens (tertiary/aromatic N) is 2. The summed E-state index contributed by atoms with van der Waals surface area (Å²) >= 11 is 7.30. The number of halogens is 1. The molecule has 0 radical (unpaired) electrons. The van der Waals surface area contributed by atoms with E-state index in [1.165, 1.54) is 23.5 Å². The molecule has 0 saturated heterocycles. The van der Waals surface area contributed by atoms with Crippen molar-refractivity contribution in [2.75, 3.05) is 6.54 Å². The Morgan fingerprint density at radius 3 is 2.95 bits per heavy atom. The van der Waals surface area contributed by atoms with Gasteiger partial charge in [0, 0.05) is 23.1 Å². The van der Waals surface area contributed by atoms with Crippen molar-refractivity contribution in [3.8, 4) is 10.6 Å². The maximum Gasteiger partial charge on any atom is 0.288 e. The van der Waals surface area contributed by atoms with Crippen LogP contribution >= 0.6 is 22.9 Å².